The van der Waals surface area contributed by atoms with Gasteiger partial charge < -0.3 is 4.90 Å². The average molecular weight is 383 g/mol. The number of hydrogen-bond donors (Lipinski definition) is 0. The van der Waals surface area contributed by atoms with Crippen molar-refractivity contribution in [1.29, 1.82) is 0 Å². The van der Waals surface area contributed by atoms with Crippen molar-refractivity contribution in [2.45, 2.75) is 77.5 Å². The minimum absolute atomic E-state index is 0.0206. The summed E-state index contributed by atoms with van der Waals surface area (Å²) < 4.78 is 3.42. The van der Waals surface area contributed by atoms with Crippen molar-refractivity contribution in [2.75, 3.05) is 0 Å². The lowest BCUT2D eigenvalue weighted by Crippen LogP contribution is -2.43. The highest BCUT2D eigenvalue weighted by Crippen LogP contribution is 2.31. The molecule has 3 heterocycles. The van der Waals surface area contributed by atoms with Gasteiger partial charge in [0.05, 0.1) is 6.04 Å². The largest absolute Gasteiger partial charge is 0.345 e. The molecule has 4 rings (SSSR count). The van der Waals surface area contributed by atoms with E-state index in [1.54, 1.807) is 4.68 Å². The first-order valence-corrected chi connectivity index (χ1v) is 10.5. The number of fused-ring (bicyclic) bond motifs is 3. The van der Waals surface area contributed by atoms with Crippen LogP contribution >= 0.6 is 0 Å². The zero-order chi connectivity index (χ0) is 19.7. The number of amides is 1. The van der Waals surface area contributed by atoms with Gasteiger partial charge in [0.15, 0.2) is 0 Å². The van der Waals surface area contributed by atoms with Gasteiger partial charge in [-0.3, -0.25) is 9.36 Å². The third-order valence-corrected chi connectivity index (χ3v) is 5.96. The fourth-order valence-electron chi connectivity index (χ4n) is 4.67. The van der Waals surface area contributed by atoms with Crippen LogP contribution in [0.2, 0.25) is 0 Å². The van der Waals surface area contributed by atoms with E-state index in [4.69, 9.17) is 0 Å². The molecule has 1 aromatic carbocycles. The molecule has 150 valence electrons. The molecule has 1 fully saturated rings. The van der Waals surface area contributed by atoms with E-state index in [1.165, 1.54) is 5.56 Å². The number of carbonyl (C=O) groups excluding carboxylic acids is 1. The van der Waals surface area contributed by atoms with Crippen LogP contribution in [-0.2, 0) is 30.7 Å². The number of carbonyl (C=O) groups is 1. The number of aromatic nitrogens is 3. The van der Waals surface area contributed by atoms with E-state index in [-0.39, 0.29) is 23.7 Å². The number of aryl methyl sites for hydroxylation is 1. The molecule has 0 unspecified atom stereocenters. The van der Waals surface area contributed by atoms with Crippen molar-refractivity contribution in [3.05, 3.63) is 52.2 Å². The van der Waals surface area contributed by atoms with Gasteiger partial charge in [-0.2, -0.15) is 5.10 Å². The highest BCUT2D eigenvalue weighted by atomic mass is 16.2. The standard InChI is InChI=1S/C22H30N4O2/c1-16(2)14-25-22(28)24-15-19-12-11-18(13-20(24)23-25)26(19)21(27)10-6-9-17-7-4-3-5-8-17/h3-5,7-8,16,18-19H,6,9-15H2,1-2H3/t18-,19+/m0/s1. The predicted molar refractivity (Wildman–Crippen MR) is 108 cm³/mol. The molecular weight excluding hydrogens is 352 g/mol. The van der Waals surface area contributed by atoms with E-state index in [0.29, 0.717) is 31.8 Å². The number of rotatable bonds is 6. The first-order chi connectivity index (χ1) is 13.5. The summed E-state index contributed by atoms with van der Waals surface area (Å²) in [7, 11) is 0. The highest BCUT2D eigenvalue weighted by Gasteiger charge is 2.40. The summed E-state index contributed by atoms with van der Waals surface area (Å²) in [5.41, 5.74) is 1.26. The minimum atomic E-state index is -0.0206. The van der Waals surface area contributed by atoms with Gasteiger partial charge in [0.1, 0.15) is 5.82 Å². The van der Waals surface area contributed by atoms with Gasteiger partial charge in [-0.05, 0) is 37.2 Å². The Hall–Kier alpha value is -2.37. The van der Waals surface area contributed by atoms with Crippen molar-refractivity contribution in [3.63, 3.8) is 0 Å². The summed E-state index contributed by atoms with van der Waals surface area (Å²) in [6.45, 7) is 5.43. The van der Waals surface area contributed by atoms with Crippen molar-refractivity contribution in [1.82, 2.24) is 19.2 Å². The highest BCUT2D eigenvalue weighted by molar-refractivity contribution is 5.77. The molecule has 2 aliphatic heterocycles. The Morgan fingerprint density at radius 3 is 2.68 bits per heavy atom. The lowest BCUT2D eigenvalue weighted by Gasteiger charge is -2.28. The first kappa shape index (κ1) is 19.0. The third kappa shape index (κ3) is 3.77. The fourth-order valence-corrected chi connectivity index (χ4v) is 4.67. The third-order valence-electron chi connectivity index (χ3n) is 5.96. The SMILES string of the molecule is CC(C)Cn1nc2n(c1=O)C[C@H]1CC[C@@H](C2)N1C(=O)CCCc1ccccc1. The van der Waals surface area contributed by atoms with Crippen LogP contribution in [-0.4, -0.2) is 37.2 Å². The molecule has 0 aliphatic carbocycles. The summed E-state index contributed by atoms with van der Waals surface area (Å²) in [6, 6.07) is 10.6. The van der Waals surface area contributed by atoms with E-state index in [9.17, 15) is 9.59 Å². The molecule has 28 heavy (non-hydrogen) atoms. The van der Waals surface area contributed by atoms with Crippen LogP contribution in [0.3, 0.4) is 0 Å². The molecule has 2 atom stereocenters. The van der Waals surface area contributed by atoms with Crippen molar-refractivity contribution in [3.8, 4) is 0 Å². The Labute approximate surface area is 166 Å². The monoisotopic (exact) mass is 382 g/mol. The van der Waals surface area contributed by atoms with E-state index in [2.05, 4.69) is 36.0 Å². The maximum absolute atomic E-state index is 13.0. The zero-order valence-electron chi connectivity index (χ0n) is 16.9. The molecule has 0 radical (unpaired) electrons. The van der Waals surface area contributed by atoms with Crippen LogP contribution in [0.1, 0.15) is 50.9 Å². The molecular formula is C22H30N4O2. The van der Waals surface area contributed by atoms with E-state index >= 15 is 0 Å². The van der Waals surface area contributed by atoms with Crippen LogP contribution in [0, 0.1) is 5.92 Å². The molecule has 2 aromatic rings. The maximum atomic E-state index is 13.0. The molecule has 1 aromatic heterocycles. The van der Waals surface area contributed by atoms with Crippen LogP contribution in [0.25, 0.3) is 0 Å². The van der Waals surface area contributed by atoms with Crippen LogP contribution in [0.15, 0.2) is 35.1 Å². The lowest BCUT2D eigenvalue weighted by molar-refractivity contribution is -0.134. The molecule has 2 aliphatic rings. The van der Waals surface area contributed by atoms with Crippen molar-refractivity contribution < 1.29 is 4.79 Å². The predicted octanol–water partition coefficient (Wildman–Crippen LogP) is 2.64. The topological polar surface area (TPSA) is 60.1 Å². The second-order valence-corrected chi connectivity index (χ2v) is 8.61. The summed E-state index contributed by atoms with van der Waals surface area (Å²) in [5, 5.41) is 4.59. The van der Waals surface area contributed by atoms with E-state index in [1.807, 2.05) is 22.8 Å². The maximum Gasteiger partial charge on any atom is 0.345 e. The van der Waals surface area contributed by atoms with Gasteiger partial charge in [-0.15, -0.1) is 0 Å². The van der Waals surface area contributed by atoms with Crippen LogP contribution in [0.5, 0.6) is 0 Å². The molecule has 0 spiro atoms. The Bertz CT molecular complexity index is 884. The van der Waals surface area contributed by atoms with Gasteiger partial charge in [0.2, 0.25) is 5.91 Å². The molecule has 6 heteroatoms. The van der Waals surface area contributed by atoms with Gasteiger partial charge >= 0.3 is 5.69 Å². The minimum Gasteiger partial charge on any atom is -0.334 e. The Morgan fingerprint density at radius 2 is 1.93 bits per heavy atom. The molecule has 1 amide bonds. The number of benzene rings is 1. The number of hydrogen-bond acceptors (Lipinski definition) is 3. The first-order valence-electron chi connectivity index (χ1n) is 10.5. The Kier molecular flexibility index (Phi) is 5.38. The normalized spacial score (nSPS) is 21.0. The van der Waals surface area contributed by atoms with E-state index < -0.39 is 0 Å². The second kappa shape index (κ2) is 7.94. The van der Waals surface area contributed by atoms with Crippen molar-refractivity contribution >= 4 is 5.91 Å². The molecule has 1 saturated heterocycles. The van der Waals surface area contributed by atoms with Gasteiger partial charge in [0, 0.05) is 32.0 Å². The Balaban J connectivity index is 1.43. The van der Waals surface area contributed by atoms with E-state index in [0.717, 1.165) is 31.5 Å². The molecule has 2 bridgehead atoms. The van der Waals surface area contributed by atoms with Crippen LogP contribution < -0.4 is 5.69 Å². The fraction of sp³-hybridized carbons (Fsp3) is 0.591. The summed E-state index contributed by atoms with van der Waals surface area (Å²) in [4.78, 5) is 27.8. The summed E-state index contributed by atoms with van der Waals surface area (Å²) >= 11 is 0. The summed E-state index contributed by atoms with van der Waals surface area (Å²) in [6.07, 6.45) is 5.06. The summed E-state index contributed by atoms with van der Waals surface area (Å²) in [5.74, 6) is 1.47. The van der Waals surface area contributed by atoms with Gasteiger partial charge in [0.25, 0.3) is 0 Å². The number of nitrogens with zero attached hydrogens (tertiary/aromatic N) is 4. The molecule has 0 N–H and O–H groups in total. The quantitative estimate of drug-likeness (QED) is 0.772. The Morgan fingerprint density at radius 1 is 1.18 bits per heavy atom. The molecule has 6 nitrogen and oxygen atoms in total. The van der Waals surface area contributed by atoms with Gasteiger partial charge in [-0.1, -0.05) is 44.2 Å². The zero-order valence-corrected chi connectivity index (χ0v) is 16.9. The van der Waals surface area contributed by atoms with Gasteiger partial charge in [-0.25, -0.2) is 9.48 Å². The lowest BCUT2D eigenvalue weighted by atomic mass is 10.1. The average Bonchev–Trinajstić information content (AvgIpc) is 3.12. The molecule has 0 saturated carbocycles. The second-order valence-electron chi connectivity index (χ2n) is 8.61. The van der Waals surface area contributed by atoms with Crippen molar-refractivity contribution in [2.24, 2.45) is 5.92 Å². The van der Waals surface area contributed by atoms with Crippen LogP contribution in [0.4, 0.5) is 0 Å². The smallest absolute Gasteiger partial charge is 0.334 e.